The quantitative estimate of drug-likeness (QED) is 0.426. The van der Waals surface area contributed by atoms with Gasteiger partial charge in [-0.2, -0.15) is 0 Å². The third-order valence-corrected chi connectivity index (χ3v) is 6.90. The molecule has 2 atom stereocenters. The van der Waals surface area contributed by atoms with Gasteiger partial charge in [-0.1, -0.05) is 12.1 Å². The first kappa shape index (κ1) is 21.8. The molecule has 0 radical (unpaired) electrons. The number of benzene rings is 1. The van der Waals surface area contributed by atoms with Crippen LogP contribution < -0.4 is 15.1 Å². The molecule has 0 bridgehead atoms. The van der Waals surface area contributed by atoms with Crippen molar-refractivity contribution < 1.29 is 4.74 Å². The number of thiocarbonyl (C=S) groups is 1. The molecule has 7 nitrogen and oxygen atoms in total. The number of rotatable bonds is 5. The molecule has 0 aliphatic carbocycles. The maximum atomic E-state index is 5.90. The number of hydrogen-bond donors (Lipinski definition) is 1. The van der Waals surface area contributed by atoms with Gasteiger partial charge < -0.3 is 24.4 Å². The molecule has 3 aromatic heterocycles. The Morgan fingerprint density at radius 3 is 2.29 bits per heavy atom. The van der Waals surface area contributed by atoms with E-state index in [2.05, 4.69) is 66.0 Å². The molecule has 35 heavy (non-hydrogen) atoms. The van der Waals surface area contributed by atoms with Gasteiger partial charge in [-0.05, 0) is 72.9 Å². The van der Waals surface area contributed by atoms with Crippen molar-refractivity contribution in [2.45, 2.75) is 12.1 Å². The molecule has 0 unspecified atom stereocenters. The van der Waals surface area contributed by atoms with E-state index < -0.39 is 0 Å². The van der Waals surface area contributed by atoms with E-state index in [1.807, 2.05) is 55.0 Å². The Morgan fingerprint density at radius 2 is 1.57 bits per heavy atom. The van der Waals surface area contributed by atoms with Crippen LogP contribution in [0, 0.1) is 0 Å². The van der Waals surface area contributed by atoms with Crippen LogP contribution in [0.2, 0.25) is 0 Å². The van der Waals surface area contributed by atoms with Crippen LogP contribution in [0.1, 0.15) is 23.5 Å². The van der Waals surface area contributed by atoms with Crippen LogP contribution in [0.5, 0.6) is 0 Å². The van der Waals surface area contributed by atoms with Crippen LogP contribution in [-0.4, -0.2) is 46.0 Å². The number of hydrogen-bond acceptors (Lipinski definition) is 5. The molecular weight excluding hydrogens is 456 g/mol. The van der Waals surface area contributed by atoms with Crippen molar-refractivity contribution in [1.82, 2.24) is 19.9 Å². The fraction of sp³-hybridized carbons (Fsp3) is 0.222. The average Bonchev–Trinajstić information content (AvgIpc) is 3.55. The Morgan fingerprint density at radius 1 is 0.829 bits per heavy atom. The summed E-state index contributed by atoms with van der Waals surface area (Å²) >= 11 is 5.90. The molecule has 4 aromatic rings. The van der Waals surface area contributed by atoms with Gasteiger partial charge in [0, 0.05) is 48.7 Å². The summed E-state index contributed by atoms with van der Waals surface area (Å²) in [6.07, 6.45) is 5.69. The Labute approximate surface area is 210 Å². The van der Waals surface area contributed by atoms with Crippen molar-refractivity contribution in [3.8, 4) is 5.82 Å². The van der Waals surface area contributed by atoms with Crippen molar-refractivity contribution >= 4 is 28.7 Å². The summed E-state index contributed by atoms with van der Waals surface area (Å²) in [5.74, 6) is 0.868. The zero-order valence-corrected chi connectivity index (χ0v) is 20.0. The minimum absolute atomic E-state index is 0.108. The zero-order valence-electron chi connectivity index (χ0n) is 19.2. The fourth-order valence-corrected chi connectivity index (χ4v) is 5.26. The summed E-state index contributed by atoms with van der Waals surface area (Å²) in [6.45, 7) is 3.34. The number of nitrogens with one attached hydrogen (secondary N) is 1. The molecule has 0 saturated carbocycles. The molecule has 6 rings (SSSR count). The molecule has 2 aliphatic rings. The predicted molar refractivity (Wildman–Crippen MR) is 141 cm³/mol. The van der Waals surface area contributed by atoms with Gasteiger partial charge in [0.2, 0.25) is 0 Å². The topological polar surface area (TPSA) is 58.5 Å². The second-order valence-corrected chi connectivity index (χ2v) is 8.99. The van der Waals surface area contributed by atoms with E-state index in [0.717, 1.165) is 49.2 Å². The van der Waals surface area contributed by atoms with Crippen LogP contribution in [-0.2, 0) is 4.74 Å². The summed E-state index contributed by atoms with van der Waals surface area (Å²) in [7, 11) is 0. The van der Waals surface area contributed by atoms with Gasteiger partial charge in [-0.25, -0.2) is 4.98 Å². The van der Waals surface area contributed by atoms with Crippen molar-refractivity contribution in [3.63, 3.8) is 0 Å². The zero-order chi connectivity index (χ0) is 23.6. The highest BCUT2D eigenvalue weighted by atomic mass is 32.1. The van der Waals surface area contributed by atoms with E-state index in [4.69, 9.17) is 17.0 Å². The molecule has 2 saturated heterocycles. The number of morpholine rings is 1. The van der Waals surface area contributed by atoms with E-state index in [1.54, 1.807) is 0 Å². The van der Waals surface area contributed by atoms with Gasteiger partial charge in [0.1, 0.15) is 11.9 Å². The SMILES string of the molecule is S=C1N[C@@H](c2ccccn2)[C@@H](c2cccn2-c2ccccn2)N1c1ccc(N2CCOCC2)cc1. The number of pyridine rings is 2. The number of aromatic nitrogens is 3. The summed E-state index contributed by atoms with van der Waals surface area (Å²) in [6, 6.07) is 24.6. The van der Waals surface area contributed by atoms with E-state index >= 15 is 0 Å². The van der Waals surface area contributed by atoms with E-state index in [9.17, 15) is 0 Å². The molecule has 0 amide bonds. The highest BCUT2D eigenvalue weighted by Crippen LogP contribution is 2.42. The summed E-state index contributed by atoms with van der Waals surface area (Å²) in [5.41, 5.74) is 4.27. The van der Waals surface area contributed by atoms with Crippen LogP contribution >= 0.6 is 12.2 Å². The van der Waals surface area contributed by atoms with Crippen molar-refractivity contribution in [2.24, 2.45) is 0 Å². The predicted octanol–water partition coefficient (Wildman–Crippen LogP) is 4.28. The van der Waals surface area contributed by atoms with Gasteiger partial charge in [-0.3, -0.25) is 4.98 Å². The highest BCUT2D eigenvalue weighted by molar-refractivity contribution is 7.80. The summed E-state index contributed by atoms with van der Waals surface area (Å²) in [5, 5.41) is 4.23. The van der Waals surface area contributed by atoms with Gasteiger partial charge in [0.25, 0.3) is 0 Å². The first-order valence-corrected chi connectivity index (χ1v) is 12.2. The number of ether oxygens (including phenoxy) is 1. The van der Waals surface area contributed by atoms with Crippen LogP contribution in [0.15, 0.2) is 91.4 Å². The van der Waals surface area contributed by atoms with Gasteiger partial charge >= 0.3 is 0 Å². The van der Waals surface area contributed by atoms with E-state index in [-0.39, 0.29) is 12.1 Å². The number of anilines is 2. The minimum atomic E-state index is -0.111. The minimum Gasteiger partial charge on any atom is -0.378 e. The summed E-state index contributed by atoms with van der Waals surface area (Å²) < 4.78 is 7.64. The monoisotopic (exact) mass is 482 g/mol. The molecule has 1 aromatic carbocycles. The molecule has 2 aliphatic heterocycles. The maximum Gasteiger partial charge on any atom is 0.174 e. The molecule has 5 heterocycles. The first-order chi connectivity index (χ1) is 17.3. The van der Waals surface area contributed by atoms with Crippen molar-refractivity contribution in [3.05, 3.63) is 103 Å². The highest BCUT2D eigenvalue weighted by Gasteiger charge is 2.42. The molecule has 1 N–H and O–H groups in total. The largest absolute Gasteiger partial charge is 0.378 e. The smallest absolute Gasteiger partial charge is 0.174 e. The third-order valence-electron chi connectivity index (χ3n) is 6.58. The van der Waals surface area contributed by atoms with Crippen molar-refractivity contribution in [1.29, 1.82) is 0 Å². The lowest BCUT2D eigenvalue weighted by molar-refractivity contribution is 0.122. The van der Waals surface area contributed by atoms with Gasteiger partial charge in [-0.15, -0.1) is 0 Å². The van der Waals surface area contributed by atoms with E-state index in [0.29, 0.717) is 5.11 Å². The van der Waals surface area contributed by atoms with E-state index in [1.165, 1.54) is 5.69 Å². The Balaban J connectivity index is 1.41. The molecule has 8 heteroatoms. The molecule has 176 valence electrons. The lowest BCUT2D eigenvalue weighted by Crippen LogP contribution is -2.36. The Hall–Kier alpha value is -3.75. The van der Waals surface area contributed by atoms with Crippen LogP contribution in [0.25, 0.3) is 5.82 Å². The van der Waals surface area contributed by atoms with Crippen LogP contribution in [0.4, 0.5) is 11.4 Å². The lowest BCUT2D eigenvalue weighted by atomic mass is 10.0. The maximum absolute atomic E-state index is 5.90. The Kier molecular flexibility index (Phi) is 5.89. The second kappa shape index (κ2) is 9.48. The first-order valence-electron chi connectivity index (χ1n) is 11.8. The number of nitrogens with zero attached hydrogens (tertiary/aromatic N) is 5. The van der Waals surface area contributed by atoms with Gasteiger partial charge in [0.05, 0.1) is 24.9 Å². The average molecular weight is 483 g/mol. The molecule has 2 fully saturated rings. The van der Waals surface area contributed by atoms with Crippen LogP contribution in [0.3, 0.4) is 0 Å². The normalized spacial score (nSPS) is 20.2. The molecule has 0 spiro atoms. The van der Waals surface area contributed by atoms with Gasteiger partial charge in [0.15, 0.2) is 5.11 Å². The molecular formula is C27H26N6OS. The fourth-order valence-electron chi connectivity index (χ4n) is 4.92. The standard InChI is InChI=1S/C27H26N6OS/c35-27-30-25(22-6-1-3-13-28-22)26(23-7-5-15-32(23)24-8-2-4-14-29-24)33(27)21-11-9-20(10-12-21)31-16-18-34-19-17-31/h1-15,25-26H,16-19H2,(H,30,35)/t25-,26+/m0/s1. The second-order valence-electron chi connectivity index (χ2n) is 8.60. The lowest BCUT2D eigenvalue weighted by Gasteiger charge is -2.31. The summed E-state index contributed by atoms with van der Waals surface area (Å²) in [4.78, 5) is 13.8. The Bertz CT molecular complexity index is 1290. The third kappa shape index (κ3) is 4.15. The van der Waals surface area contributed by atoms with Crippen molar-refractivity contribution in [2.75, 3.05) is 36.1 Å².